The average molecular weight is 387 g/mol. The maximum atomic E-state index is 12.2. The van der Waals surface area contributed by atoms with Gasteiger partial charge in [-0.2, -0.15) is 0 Å². The molecule has 1 amide bonds. The topological polar surface area (TPSA) is 76.1 Å². The molecular formula is C16H19ClN2O3S2. The normalized spacial score (nSPS) is 12.2. The van der Waals surface area contributed by atoms with Crippen LogP contribution in [0.1, 0.15) is 32.9 Å². The molecule has 0 aliphatic carbocycles. The Morgan fingerprint density at radius 1 is 1.25 bits per heavy atom. The largest absolute Gasteiger partial charge is 0.302 e. The van der Waals surface area contributed by atoms with E-state index in [0.29, 0.717) is 10.2 Å². The number of anilines is 1. The van der Waals surface area contributed by atoms with Gasteiger partial charge >= 0.3 is 0 Å². The van der Waals surface area contributed by atoms with Crippen LogP contribution in [0, 0.1) is 0 Å². The van der Waals surface area contributed by atoms with Crippen LogP contribution < -0.4 is 5.32 Å². The Morgan fingerprint density at radius 2 is 1.88 bits per heavy atom. The van der Waals surface area contributed by atoms with E-state index in [2.05, 4.69) is 10.3 Å². The minimum absolute atomic E-state index is 0.0998. The lowest BCUT2D eigenvalue weighted by Gasteiger charge is -2.14. The Labute approximate surface area is 151 Å². The summed E-state index contributed by atoms with van der Waals surface area (Å²) in [6, 6.07) is 5.90. The molecule has 0 aliphatic rings. The number of carbonyl (C=O) groups excluding carboxylic acids is 1. The molecule has 0 saturated heterocycles. The summed E-state index contributed by atoms with van der Waals surface area (Å²) in [4.78, 5) is 16.5. The van der Waals surface area contributed by atoms with Gasteiger partial charge in [-0.25, -0.2) is 13.4 Å². The summed E-state index contributed by atoms with van der Waals surface area (Å²) in [5.41, 5.74) is 0.786. The number of benzene rings is 1. The first-order valence-electron chi connectivity index (χ1n) is 7.32. The molecule has 1 heterocycles. The lowest BCUT2D eigenvalue weighted by molar-refractivity contribution is -0.115. The highest BCUT2D eigenvalue weighted by atomic mass is 35.5. The fourth-order valence-electron chi connectivity index (χ4n) is 1.84. The van der Waals surface area contributed by atoms with E-state index in [4.69, 9.17) is 11.6 Å². The highest BCUT2D eigenvalue weighted by Gasteiger charge is 2.19. The molecule has 0 fully saturated rings. The third-order valence-electron chi connectivity index (χ3n) is 3.29. The van der Waals surface area contributed by atoms with Crippen molar-refractivity contribution in [2.75, 3.05) is 11.1 Å². The first kappa shape index (κ1) is 18.9. The molecule has 0 bridgehead atoms. The summed E-state index contributed by atoms with van der Waals surface area (Å²) in [6.07, 6.45) is -0.130. The maximum absolute atomic E-state index is 12.2. The van der Waals surface area contributed by atoms with Crippen molar-refractivity contribution in [3.8, 4) is 0 Å². The first-order chi connectivity index (χ1) is 11.1. The number of amides is 1. The van der Waals surface area contributed by atoms with Crippen LogP contribution in [0.2, 0.25) is 5.02 Å². The predicted octanol–water partition coefficient (Wildman–Crippen LogP) is 3.90. The van der Waals surface area contributed by atoms with Crippen LogP contribution in [0.15, 0.2) is 34.5 Å². The number of nitrogens with one attached hydrogen (secondary N) is 1. The fraction of sp³-hybridized carbons (Fsp3) is 0.375. The lowest BCUT2D eigenvalue weighted by atomic mass is 9.93. The number of hydrogen-bond donors (Lipinski definition) is 1. The van der Waals surface area contributed by atoms with Crippen molar-refractivity contribution >= 4 is 43.8 Å². The molecule has 130 valence electrons. The highest BCUT2D eigenvalue weighted by Crippen LogP contribution is 2.26. The Hall–Kier alpha value is -1.44. The minimum atomic E-state index is -3.52. The van der Waals surface area contributed by atoms with Crippen molar-refractivity contribution in [1.82, 2.24) is 4.98 Å². The molecule has 0 unspecified atom stereocenters. The molecule has 0 atom stereocenters. The van der Waals surface area contributed by atoms with Gasteiger partial charge in [-0.15, -0.1) is 11.3 Å². The van der Waals surface area contributed by atoms with Crippen molar-refractivity contribution in [3.63, 3.8) is 0 Å². The molecule has 1 aromatic heterocycles. The molecule has 24 heavy (non-hydrogen) atoms. The van der Waals surface area contributed by atoms with E-state index in [1.807, 2.05) is 26.2 Å². The molecule has 0 spiro atoms. The average Bonchev–Trinajstić information content (AvgIpc) is 2.94. The molecule has 5 nitrogen and oxygen atoms in total. The van der Waals surface area contributed by atoms with Gasteiger partial charge in [0.1, 0.15) is 0 Å². The molecule has 8 heteroatoms. The van der Waals surface area contributed by atoms with E-state index < -0.39 is 9.84 Å². The summed E-state index contributed by atoms with van der Waals surface area (Å²) >= 11 is 7.08. The zero-order valence-corrected chi connectivity index (χ0v) is 16.1. The molecule has 0 radical (unpaired) electrons. The van der Waals surface area contributed by atoms with Crippen LogP contribution in [0.5, 0.6) is 0 Å². The summed E-state index contributed by atoms with van der Waals surface area (Å²) in [5.74, 6) is -0.639. The Morgan fingerprint density at radius 3 is 2.42 bits per heavy atom. The monoisotopic (exact) mass is 386 g/mol. The molecular weight excluding hydrogens is 368 g/mol. The van der Waals surface area contributed by atoms with Crippen molar-refractivity contribution in [2.24, 2.45) is 0 Å². The van der Waals surface area contributed by atoms with Crippen molar-refractivity contribution in [3.05, 3.63) is 40.4 Å². The second-order valence-electron chi connectivity index (χ2n) is 6.36. The summed E-state index contributed by atoms with van der Waals surface area (Å²) < 4.78 is 24.4. The standard InChI is InChI=1S/C16H19ClN2O3S2/c1-16(2,3)13-10-23-15(18-13)19-14(20)8-9-24(21,22)12-6-4-11(17)5-7-12/h4-7,10H,8-9H2,1-3H3,(H,18,19,20). The Bertz CT molecular complexity index is 822. The number of rotatable bonds is 5. The third-order valence-corrected chi connectivity index (χ3v) is 6.03. The quantitative estimate of drug-likeness (QED) is 0.845. The van der Waals surface area contributed by atoms with Crippen LogP contribution >= 0.6 is 22.9 Å². The molecule has 1 aromatic carbocycles. The second kappa shape index (κ2) is 7.21. The van der Waals surface area contributed by atoms with Gasteiger partial charge in [0.15, 0.2) is 15.0 Å². The summed E-state index contributed by atoms with van der Waals surface area (Å²) in [7, 11) is -3.52. The SMILES string of the molecule is CC(C)(C)c1csc(NC(=O)CCS(=O)(=O)c2ccc(Cl)cc2)n1. The summed E-state index contributed by atoms with van der Waals surface area (Å²) in [5, 5.41) is 5.48. The van der Waals surface area contributed by atoms with E-state index >= 15 is 0 Å². The minimum Gasteiger partial charge on any atom is -0.302 e. The van der Waals surface area contributed by atoms with Gasteiger partial charge in [0.2, 0.25) is 5.91 Å². The number of sulfone groups is 1. The van der Waals surface area contributed by atoms with Crippen LogP contribution in [0.3, 0.4) is 0 Å². The molecule has 0 saturated carbocycles. The first-order valence-corrected chi connectivity index (χ1v) is 10.2. The van der Waals surface area contributed by atoms with Crippen molar-refractivity contribution < 1.29 is 13.2 Å². The Balaban J connectivity index is 1.95. The number of hydrogen-bond acceptors (Lipinski definition) is 5. The zero-order valence-electron chi connectivity index (χ0n) is 13.7. The number of carbonyl (C=O) groups is 1. The zero-order chi connectivity index (χ0) is 18.0. The van der Waals surface area contributed by atoms with E-state index in [0.717, 1.165) is 5.69 Å². The Kier molecular flexibility index (Phi) is 5.67. The van der Waals surface area contributed by atoms with Crippen LogP contribution in [-0.4, -0.2) is 25.1 Å². The second-order valence-corrected chi connectivity index (χ2v) is 9.76. The van der Waals surface area contributed by atoms with E-state index in [-0.39, 0.29) is 28.4 Å². The molecule has 1 N–H and O–H groups in total. The van der Waals surface area contributed by atoms with Crippen molar-refractivity contribution in [1.29, 1.82) is 0 Å². The molecule has 0 aliphatic heterocycles. The number of halogens is 1. The number of nitrogens with zero attached hydrogens (tertiary/aromatic N) is 1. The predicted molar refractivity (Wildman–Crippen MR) is 97.6 cm³/mol. The van der Waals surface area contributed by atoms with Gasteiger partial charge in [0.05, 0.1) is 16.3 Å². The van der Waals surface area contributed by atoms with Gasteiger partial charge in [0, 0.05) is 22.2 Å². The lowest BCUT2D eigenvalue weighted by Crippen LogP contribution is -2.18. The fourth-order valence-corrected chi connectivity index (χ4v) is 4.16. The molecule has 2 aromatic rings. The van der Waals surface area contributed by atoms with E-state index in [1.165, 1.54) is 35.6 Å². The van der Waals surface area contributed by atoms with Gasteiger partial charge in [-0.3, -0.25) is 4.79 Å². The van der Waals surface area contributed by atoms with Crippen molar-refractivity contribution in [2.45, 2.75) is 37.5 Å². The van der Waals surface area contributed by atoms with E-state index in [1.54, 1.807) is 0 Å². The summed E-state index contributed by atoms with van der Waals surface area (Å²) in [6.45, 7) is 6.10. The third kappa shape index (κ3) is 5.03. The van der Waals surface area contributed by atoms with Crippen LogP contribution in [-0.2, 0) is 20.0 Å². The molecule has 2 rings (SSSR count). The highest BCUT2D eigenvalue weighted by molar-refractivity contribution is 7.91. The van der Waals surface area contributed by atoms with Crippen LogP contribution in [0.4, 0.5) is 5.13 Å². The van der Waals surface area contributed by atoms with Gasteiger partial charge in [-0.1, -0.05) is 32.4 Å². The number of thiazole rings is 1. The number of aromatic nitrogens is 1. The van der Waals surface area contributed by atoms with Gasteiger partial charge in [0.25, 0.3) is 0 Å². The van der Waals surface area contributed by atoms with Gasteiger partial charge in [-0.05, 0) is 24.3 Å². The smallest absolute Gasteiger partial charge is 0.227 e. The van der Waals surface area contributed by atoms with E-state index in [9.17, 15) is 13.2 Å². The maximum Gasteiger partial charge on any atom is 0.227 e. The van der Waals surface area contributed by atoms with Crippen LogP contribution in [0.25, 0.3) is 0 Å². The van der Waals surface area contributed by atoms with Gasteiger partial charge < -0.3 is 5.32 Å².